The molecule has 0 fully saturated rings. The van der Waals surface area contributed by atoms with Crippen LogP contribution >= 0.6 is 15.9 Å². The zero-order valence-corrected chi connectivity index (χ0v) is 12.9. The van der Waals surface area contributed by atoms with E-state index >= 15 is 0 Å². The van der Waals surface area contributed by atoms with Gasteiger partial charge in [-0.25, -0.2) is 0 Å². The van der Waals surface area contributed by atoms with Crippen LogP contribution < -0.4 is 10.1 Å². The van der Waals surface area contributed by atoms with Crippen LogP contribution in [0, 0.1) is 5.92 Å². The first-order chi connectivity index (χ1) is 8.49. The molecule has 1 N–H and O–H groups in total. The number of carbonyl (C=O) groups excluding carboxylic acids is 1. The molecule has 0 bridgehead atoms. The number of methoxy groups -OCH3 is 1. The summed E-state index contributed by atoms with van der Waals surface area (Å²) in [5, 5.41) is 2.68. The number of halogens is 1. The lowest BCUT2D eigenvalue weighted by atomic mass is 9.85. The summed E-state index contributed by atoms with van der Waals surface area (Å²) >= 11 is 3.48. The number of hydrogen-bond acceptors (Lipinski definition) is 2. The Labute approximate surface area is 117 Å². The van der Waals surface area contributed by atoms with Crippen LogP contribution in [0.25, 0.3) is 0 Å². The van der Waals surface area contributed by atoms with Gasteiger partial charge in [0.25, 0.3) is 0 Å². The van der Waals surface area contributed by atoms with Crippen molar-refractivity contribution < 1.29 is 9.53 Å². The smallest absolute Gasteiger partial charge is 0.220 e. The first-order valence-corrected chi connectivity index (χ1v) is 6.83. The molecule has 0 aliphatic carbocycles. The van der Waals surface area contributed by atoms with Crippen LogP contribution in [0.2, 0.25) is 0 Å². The van der Waals surface area contributed by atoms with Crippen molar-refractivity contribution in [1.82, 2.24) is 5.32 Å². The van der Waals surface area contributed by atoms with Gasteiger partial charge >= 0.3 is 0 Å². The molecule has 100 valence electrons. The molecule has 1 aromatic rings. The van der Waals surface area contributed by atoms with Crippen LogP contribution in [0.4, 0.5) is 0 Å². The van der Waals surface area contributed by atoms with E-state index in [9.17, 15) is 4.79 Å². The fraction of sp³-hybridized carbons (Fsp3) is 0.500. The highest BCUT2D eigenvalue weighted by atomic mass is 79.9. The molecule has 0 heterocycles. The topological polar surface area (TPSA) is 38.3 Å². The molecule has 0 aliphatic rings. The van der Waals surface area contributed by atoms with Crippen molar-refractivity contribution in [3.8, 4) is 5.75 Å². The van der Waals surface area contributed by atoms with Crippen molar-refractivity contribution >= 4 is 21.8 Å². The molecule has 0 spiro atoms. The van der Waals surface area contributed by atoms with Crippen molar-refractivity contribution in [2.24, 2.45) is 5.92 Å². The molecule has 1 amide bonds. The third kappa shape index (κ3) is 3.73. The summed E-state index contributed by atoms with van der Waals surface area (Å²) in [5.74, 6) is 1.50. The number of rotatable bonds is 5. The quantitative estimate of drug-likeness (QED) is 0.905. The van der Waals surface area contributed by atoms with Crippen LogP contribution in [0.3, 0.4) is 0 Å². The normalized spacial score (nSPS) is 12.3. The maximum absolute atomic E-state index is 11.6. The van der Waals surface area contributed by atoms with E-state index in [1.807, 2.05) is 18.2 Å². The molecule has 0 aliphatic heterocycles. The number of amides is 1. The van der Waals surface area contributed by atoms with E-state index in [0.29, 0.717) is 12.3 Å². The van der Waals surface area contributed by atoms with Crippen LogP contribution in [0.1, 0.15) is 31.7 Å². The van der Waals surface area contributed by atoms with E-state index < -0.39 is 0 Å². The number of hydrogen-bond donors (Lipinski definition) is 1. The minimum Gasteiger partial charge on any atom is -0.496 e. The zero-order valence-electron chi connectivity index (χ0n) is 11.3. The third-order valence-electron chi connectivity index (χ3n) is 3.09. The van der Waals surface area contributed by atoms with E-state index in [2.05, 4.69) is 35.1 Å². The molecule has 1 atom stereocenters. The van der Waals surface area contributed by atoms with Crippen LogP contribution in [0.15, 0.2) is 22.7 Å². The van der Waals surface area contributed by atoms with E-state index in [1.165, 1.54) is 0 Å². The summed E-state index contributed by atoms with van der Waals surface area (Å²) in [4.78, 5) is 11.6. The summed E-state index contributed by atoms with van der Waals surface area (Å²) in [6, 6.07) is 5.99. The van der Waals surface area contributed by atoms with Crippen molar-refractivity contribution in [3.63, 3.8) is 0 Å². The summed E-state index contributed by atoms with van der Waals surface area (Å²) in [6.07, 6.45) is 0.507. The zero-order chi connectivity index (χ0) is 13.7. The molecule has 18 heavy (non-hydrogen) atoms. The lowest BCUT2D eigenvalue weighted by Gasteiger charge is -2.21. The molecule has 3 nitrogen and oxygen atoms in total. The van der Waals surface area contributed by atoms with Gasteiger partial charge in [-0.1, -0.05) is 19.9 Å². The van der Waals surface area contributed by atoms with Gasteiger partial charge in [0, 0.05) is 13.5 Å². The Balaban J connectivity index is 2.99. The Morgan fingerprint density at radius 3 is 2.56 bits per heavy atom. The Bertz CT molecular complexity index is 418. The first-order valence-electron chi connectivity index (χ1n) is 6.03. The minimum atomic E-state index is 0.0700. The summed E-state index contributed by atoms with van der Waals surface area (Å²) < 4.78 is 6.14. The van der Waals surface area contributed by atoms with Crippen LogP contribution in [-0.4, -0.2) is 20.1 Å². The number of carbonyl (C=O) groups is 1. The van der Waals surface area contributed by atoms with Gasteiger partial charge in [-0.15, -0.1) is 0 Å². The molecular weight excluding hydrogens is 294 g/mol. The largest absolute Gasteiger partial charge is 0.496 e. The summed E-state index contributed by atoms with van der Waals surface area (Å²) in [7, 11) is 3.31. The van der Waals surface area contributed by atoms with Crippen molar-refractivity contribution in [3.05, 3.63) is 28.2 Å². The second-order valence-corrected chi connectivity index (χ2v) is 5.48. The van der Waals surface area contributed by atoms with E-state index in [1.54, 1.807) is 14.2 Å². The van der Waals surface area contributed by atoms with Crippen LogP contribution in [0.5, 0.6) is 5.75 Å². The lowest BCUT2D eigenvalue weighted by Crippen LogP contribution is -2.22. The maximum Gasteiger partial charge on any atom is 0.220 e. The van der Waals surface area contributed by atoms with Gasteiger partial charge in [-0.3, -0.25) is 4.79 Å². The van der Waals surface area contributed by atoms with Gasteiger partial charge in [-0.05, 0) is 45.5 Å². The number of nitrogens with one attached hydrogen (secondary N) is 1. The third-order valence-corrected chi connectivity index (χ3v) is 3.71. The molecule has 1 rings (SSSR count). The Morgan fingerprint density at radius 2 is 2.11 bits per heavy atom. The Kier molecular flexibility index (Phi) is 5.66. The second kappa shape index (κ2) is 6.78. The van der Waals surface area contributed by atoms with Gasteiger partial charge in [0.15, 0.2) is 0 Å². The lowest BCUT2D eigenvalue weighted by molar-refractivity contribution is -0.121. The van der Waals surface area contributed by atoms with Gasteiger partial charge in [0.1, 0.15) is 5.75 Å². The second-order valence-electron chi connectivity index (χ2n) is 4.62. The standard InChI is InChI=1S/C14H20BrNO2/c1-9(2)11(8-14(17)16-3)10-5-6-13(18-4)12(15)7-10/h5-7,9,11H,8H2,1-4H3,(H,16,17). The molecule has 0 saturated heterocycles. The van der Waals surface area contributed by atoms with Gasteiger partial charge in [0.2, 0.25) is 5.91 Å². The van der Waals surface area contributed by atoms with Crippen molar-refractivity contribution in [2.75, 3.05) is 14.2 Å². The van der Waals surface area contributed by atoms with Crippen molar-refractivity contribution in [1.29, 1.82) is 0 Å². The van der Waals surface area contributed by atoms with Crippen molar-refractivity contribution in [2.45, 2.75) is 26.2 Å². The minimum absolute atomic E-state index is 0.0700. The van der Waals surface area contributed by atoms with E-state index in [4.69, 9.17) is 4.74 Å². The summed E-state index contributed by atoms with van der Waals surface area (Å²) in [5.41, 5.74) is 1.15. The Hall–Kier alpha value is -1.03. The molecule has 1 aromatic carbocycles. The Morgan fingerprint density at radius 1 is 1.44 bits per heavy atom. The predicted molar refractivity (Wildman–Crippen MR) is 77.0 cm³/mol. The fourth-order valence-electron chi connectivity index (χ4n) is 1.95. The van der Waals surface area contributed by atoms with Crippen LogP contribution in [-0.2, 0) is 4.79 Å². The molecule has 1 unspecified atom stereocenters. The SMILES string of the molecule is CNC(=O)CC(c1ccc(OC)c(Br)c1)C(C)C. The fourth-order valence-corrected chi connectivity index (χ4v) is 2.51. The number of benzene rings is 1. The van der Waals surface area contributed by atoms with Gasteiger partial charge < -0.3 is 10.1 Å². The molecule has 0 radical (unpaired) electrons. The van der Waals surface area contributed by atoms with E-state index in [0.717, 1.165) is 15.8 Å². The van der Waals surface area contributed by atoms with Gasteiger partial charge in [0.05, 0.1) is 11.6 Å². The first kappa shape index (κ1) is 15.0. The highest BCUT2D eigenvalue weighted by Gasteiger charge is 2.20. The predicted octanol–water partition coefficient (Wildman–Crippen LogP) is 3.33. The highest BCUT2D eigenvalue weighted by Crippen LogP contribution is 2.33. The molecule has 4 heteroatoms. The molecule has 0 saturated carbocycles. The molecular formula is C14H20BrNO2. The average Bonchev–Trinajstić information content (AvgIpc) is 2.35. The monoisotopic (exact) mass is 313 g/mol. The highest BCUT2D eigenvalue weighted by molar-refractivity contribution is 9.10. The average molecular weight is 314 g/mol. The maximum atomic E-state index is 11.6. The molecule has 0 aromatic heterocycles. The number of ether oxygens (including phenoxy) is 1. The van der Waals surface area contributed by atoms with E-state index in [-0.39, 0.29) is 11.8 Å². The van der Waals surface area contributed by atoms with Gasteiger partial charge in [-0.2, -0.15) is 0 Å². The summed E-state index contributed by atoms with van der Waals surface area (Å²) in [6.45, 7) is 4.26.